The Morgan fingerprint density at radius 1 is 1.09 bits per heavy atom. The highest BCUT2D eigenvalue weighted by molar-refractivity contribution is 5.88. The van der Waals surface area contributed by atoms with Gasteiger partial charge in [0.15, 0.2) is 0 Å². The average molecular weight is 449 g/mol. The van der Waals surface area contributed by atoms with E-state index in [1.54, 1.807) is 0 Å². The van der Waals surface area contributed by atoms with Crippen LogP contribution in [0.1, 0.15) is 39.2 Å². The Kier molecular flexibility index (Phi) is 5.26. The largest absolute Gasteiger partial charge is 0.444 e. The monoisotopic (exact) mass is 448 g/mol. The van der Waals surface area contributed by atoms with Gasteiger partial charge >= 0.3 is 6.09 Å². The first-order valence-corrected chi connectivity index (χ1v) is 11.7. The number of aryl methyl sites for hydroxylation is 2. The maximum Gasteiger partial charge on any atom is 0.410 e. The molecular weight excluding hydrogens is 416 g/mol. The van der Waals surface area contributed by atoms with Crippen molar-refractivity contribution in [3.05, 3.63) is 36.0 Å². The first kappa shape index (κ1) is 21.7. The van der Waals surface area contributed by atoms with Gasteiger partial charge in [-0.3, -0.25) is 4.68 Å². The van der Waals surface area contributed by atoms with Crippen molar-refractivity contribution in [1.29, 1.82) is 0 Å². The lowest BCUT2D eigenvalue weighted by Crippen LogP contribution is -2.36. The molecule has 1 unspecified atom stereocenters. The average Bonchev–Trinajstić information content (AvgIpc) is 3.40. The van der Waals surface area contributed by atoms with Gasteiger partial charge in [0.1, 0.15) is 11.4 Å². The van der Waals surface area contributed by atoms with Crippen LogP contribution in [0.3, 0.4) is 0 Å². The van der Waals surface area contributed by atoms with E-state index >= 15 is 0 Å². The first-order chi connectivity index (χ1) is 15.7. The Balaban J connectivity index is 1.20. The molecule has 0 bridgehead atoms. The van der Waals surface area contributed by atoms with Gasteiger partial charge in [-0.15, -0.1) is 10.2 Å². The van der Waals surface area contributed by atoms with E-state index in [1.165, 1.54) is 0 Å². The number of aromatic nitrogens is 4. The van der Waals surface area contributed by atoms with Gasteiger partial charge < -0.3 is 15.0 Å². The third kappa shape index (κ3) is 4.38. The SMILES string of the molecule is Cc1c(-c2ccc(NC3C[C@@H]4CN(C(=O)OC(C)(C)C)C[C@@H]4C3)nn2)ccc2nn(C)cc12. The quantitative estimate of drug-likeness (QED) is 0.639. The van der Waals surface area contributed by atoms with E-state index in [9.17, 15) is 4.79 Å². The first-order valence-electron chi connectivity index (χ1n) is 11.7. The van der Waals surface area contributed by atoms with Gasteiger partial charge in [-0.25, -0.2) is 4.79 Å². The molecule has 8 heteroatoms. The van der Waals surface area contributed by atoms with Crippen molar-refractivity contribution in [3.8, 4) is 11.3 Å². The number of likely N-dealkylation sites (tertiary alicyclic amines) is 1. The summed E-state index contributed by atoms with van der Waals surface area (Å²) in [5.41, 5.74) is 3.63. The molecule has 1 aliphatic carbocycles. The van der Waals surface area contributed by atoms with Gasteiger partial charge in [-0.05, 0) is 76.1 Å². The van der Waals surface area contributed by atoms with Crippen LogP contribution < -0.4 is 5.32 Å². The maximum absolute atomic E-state index is 12.4. The van der Waals surface area contributed by atoms with Crippen LogP contribution in [0.15, 0.2) is 30.5 Å². The third-order valence-corrected chi connectivity index (χ3v) is 6.77. The van der Waals surface area contributed by atoms with E-state index < -0.39 is 5.60 Å². The second-order valence-electron chi connectivity index (χ2n) is 10.5. The van der Waals surface area contributed by atoms with Crippen LogP contribution in [0.25, 0.3) is 22.2 Å². The second kappa shape index (κ2) is 8.01. The standard InChI is InChI=1S/C25H32N6O2/c1-15-19(6-7-22-20(15)14-30(5)29-22)21-8-9-23(28-27-21)26-18-10-16-12-31(13-17(16)11-18)24(32)33-25(2,3)4/h6-9,14,16-18H,10-13H2,1-5H3,(H,26,28)/t16-,17+,18?. The Morgan fingerprint density at radius 2 is 1.82 bits per heavy atom. The van der Waals surface area contributed by atoms with Crippen molar-refractivity contribution in [1.82, 2.24) is 24.9 Å². The lowest BCUT2D eigenvalue weighted by molar-refractivity contribution is 0.0280. The summed E-state index contributed by atoms with van der Waals surface area (Å²) in [5, 5.41) is 18.1. The zero-order valence-corrected chi connectivity index (χ0v) is 20.0. The fourth-order valence-corrected chi connectivity index (χ4v) is 5.28. The number of hydrogen-bond donors (Lipinski definition) is 1. The lowest BCUT2D eigenvalue weighted by Gasteiger charge is -2.25. The number of anilines is 1. The fraction of sp³-hybridized carbons (Fsp3) is 0.520. The Morgan fingerprint density at radius 3 is 2.45 bits per heavy atom. The molecule has 5 rings (SSSR count). The van der Waals surface area contributed by atoms with Crippen molar-refractivity contribution < 1.29 is 9.53 Å². The van der Waals surface area contributed by atoms with Crippen LogP contribution >= 0.6 is 0 Å². The van der Waals surface area contributed by atoms with Gasteiger partial charge in [0.2, 0.25) is 0 Å². The molecule has 33 heavy (non-hydrogen) atoms. The number of nitrogens with zero attached hydrogens (tertiary/aromatic N) is 5. The molecule has 2 aliphatic rings. The topological polar surface area (TPSA) is 85.2 Å². The summed E-state index contributed by atoms with van der Waals surface area (Å²) in [7, 11) is 1.94. The summed E-state index contributed by atoms with van der Waals surface area (Å²) in [5.74, 6) is 1.82. The molecule has 174 valence electrons. The van der Waals surface area contributed by atoms with E-state index in [0.717, 1.165) is 59.5 Å². The fourth-order valence-electron chi connectivity index (χ4n) is 5.28. The van der Waals surface area contributed by atoms with Gasteiger partial charge in [-0.2, -0.15) is 5.10 Å². The minimum absolute atomic E-state index is 0.192. The number of benzene rings is 1. The summed E-state index contributed by atoms with van der Waals surface area (Å²) in [4.78, 5) is 14.2. The molecule has 3 atom stereocenters. The van der Waals surface area contributed by atoms with Crippen molar-refractivity contribution in [2.24, 2.45) is 18.9 Å². The van der Waals surface area contributed by atoms with Gasteiger partial charge in [0.05, 0.1) is 11.2 Å². The van der Waals surface area contributed by atoms with Gasteiger partial charge in [-0.1, -0.05) is 6.07 Å². The predicted molar refractivity (Wildman–Crippen MR) is 128 cm³/mol. The molecule has 1 aromatic carbocycles. The number of nitrogens with one attached hydrogen (secondary N) is 1. The van der Waals surface area contributed by atoms with Crippen LogP contribution in [0, 0.1) is 18.8 Å². The summed E-state index contributed by atoms with van der Waals surface area (Å²) >= 11 is 0. The van der Waals surface area contributed by atoms with Crippen LogP contribution in [-0.2, 0) is 11.8 Å². The minimum Gasteiger partial charge on any atom is -0.444 e. The number of ether oxygens (including phenoxy) is 1. The predicted octanol–water partition coefficient (Wildman–Crippen LogP) is 4.40. The zero-order valence-electron chi connectivity index (χ0n) is 20.0. The number of fused-ring (bicyclic) bond motifs is 2. The number of carbonyl (C=O) groups is 1. The molecule has 1 N–H and O–H groups in total. The number of amides is 1. The Bertz CT molecular complexity index is 1170. The van der Waals surface area contributed by atoms with E-state index in [0.29, 0.717) is 17.9 Å². The highest BCUT2D eigenvalue weighted by Gasteiger charge is 2.43. The maximum atomic E-state index is 12.4. The summed E-state index contributed by atoms with van der Waals surface area (Å²) in [6, 6.07) is 8.49. The molecule has 8 nitrogen and oxygen atoms in total. The molecule has 0 spiro atoms. The Hall–Kier alpha value is -3.16. The van der Waals surface area contributed by atoms with Gasteiger partial charge in [0.25, 0.3) is 0 Å². The number of carbonyl (C=O) groups excluding carboxylic acids is 1. The second-order valence-corrected chi connectivity index (χ2v) is 10.5. The van der Waals surface area contributed by atoms with Crippen LogP contribution in [-0.4, -0.2) is 55.7 Å². The van der Waals surface area contributed by atoms with Crippen LogP contribution in [0.4, 0.5) is 10.6 Å². The Labute approximate surface area is 194 Å². The molecule has 1 saturated heterocycles. The van der Waals surface area contributed by atoms with E-state index in [2.05, 4.69) is 33.6 Å². The molecule has 3 heterocycles. The van der Waals surface area contributed by atoms with E-state index in [1.807, 2.05) is 61.8 Å². The molecule has 2 aromatic heterocycles. The summed E-state index contributed by atoms with van der Waals surface area (Å²) in [6.07, 6.45) is 3.91. The molecule has 1 amide bonds. The van der Waals surface area contributed by atoms with Crippen molar-refractivity contribution >= 4 is 22.8 Å². The van der Waals surface area contributed by atoms with Crippen LogP contribution in [0.2, 0.25) is 0 Å². The minimum atomic E-state index is -0.452. The van der Waals surface area contributed by atoms with E-state index in [4.69, 9.17) is 4.74 Å². The van der Waals surface area contributed by atoms with Crippen molar-refractivity contribution in [2.75, 3.05) is 18.4 Å². The normalized spacial score (nSPS) is 22.6. The molecule has 0 radical (unpaired) electrons. The summed E-state index contributed by atoms with van der Waals surface area (Å²) < 4.78 is 7.38. The van der Waals surface area contributed by atoms with Crippen molar-refractivity contribution in [3.63, 3.8) is 0 Å². The van der Waals surface area contributed by atoms with Crippen molar-refractivity contribution in [2.45, 2.75) is 52.2 Å². The highest BCUT2D eigenvalue weighted by atomic mass is 16.6. The van der Waals surface area contributed by atoms with Crippen LogP contribution in [0.5, 0.6) is 0 Å². The molecule has 1 saturated carbocycles. The molecule has 1 aliphatic heterocycles. The van der Waals surface area contributed by atoms with Gasteiger partial charge in [0, 0.05) is 43.3 Å². The molecular formula is C25H32N6O2. The lowest BCUT2D eigenvalue weighted by atomic mass is 10.0. The smallest absolute Gasteiger partial charge is 0.410 e. The molecule has 2 fully saturated rings. The number of hydrogen-bond acceptors (Lipinski definition) is 6. The third-order valence-electron chi connectivity index (χ3n) is 6.77. The van der Waals surface area contributed by atoms with E-state index in [-0.39, 0.29) is 6.09 Å². The number of rotatable bonds is 3. The molecule has 3 aromatic rings. The zero-order chi connectivity index (χ0) is 23.3. The highest BCUT2D eigenvalue weighted by Crippen LogP contribution is 2.39. The summed E-state index contributed by atoms with van der Waals surface area (Å²) in [6.45, 7) is 9.38.